The Morgan fingerprint density at radius 2 is 2.00 bits per heavy atom. The molecule has 0 aromatic carbocycles. The molecule has 2 nitrogen and oxygen atoms in total. The second-order valence-corrected chi connectivity index (χ2v) is 4.77. The van der Waals surface area contributed by atoms with Crippen molar-refractivity contribution in [2.45, 2.75) is 39.7 Å². The molecular weight excluding hydrogens is 164 g/mol. The molecule has 0 radical (unpaired) electrons. The van der Waals surface area contributed by atoms with E-state index in [0.717, 1.165) is 5.92 Å². The van der Waals surface area contributed by atoms with Crippen molar-refractivity contribution < 1.29 is 9.53 Å². The average molecular weight is 182 g/mol. The number of hydrogen-bond donors (Lipinski definition) is 0. The number of carbonyl (C=O) groups is 1. The highest BCUT2D eigenvalue weighted by Gasteiger charge is 2.29. The number of esters is 1. The van der Waals surface area contributed by atoms with E-state index < -0.39 is 0 Å². The lowest BCUT2D eigenvalue weighted by atomic mass is 10.2. The zero-order valence-corrected chi connectivity index (χ0v) is 8.83. The third-order valence-electron chi connectivity index (χ3n) is 2.06. The molecule has 0 N–H and O–H groups in total. The highest BCUT2D eigenvalue weighted by Crippen LogP contribution is 2.38. The first-order chi connectivity index (χ1) is 5.88. The fourth-order valence-corrected chi connectivity index (χ4v) is 1.16. The quantitative estimate of drug-likeness (QED) is 0.484. The molecule has 74 valence electrons. The summed E-state index contributed by atoms with van der Waals surface area (Å²) in [6.07, 6.45) is 4.72. The first kappa shape index (κ1) is 10.3. The molecule has 2 heteroatoms. The van der Waals surface area contributed by atoms with Gasteiger partial charge in [0, 0.05) is 6.08 Å². The van der Waals surface area contributed by atoms with Crippen molar-refractivity contribution in [3.05, 3.63) is 12.2 Å². The molecule has 0 aromatic heterocycles. The molecule has 0 heterocycles. The second kappa shape index (κ2) is 3.52. The van der Waals surface area contributed by atoms with Gasteiger partial charge >= 0.3 is 5.97 Å². The van der Waals surface area contributed by atoms with Gasteiger partial charge in [0.25, 0.3) is 0 Å². The van der Waals surface area contributed by atoms with Crippen LogP contribution in [0.5, 0.6) is 0 Å². The minimum absolute atomic E-state index is 0.230. The van der Waals surface area contributed by atoms with E-state index in [1.54, 1.807) is 6.08 Å². The molecule has 0 spiro atoms. The summed E-state index contributed by atoms with van der Waals surface area (Å²) in [6, 6.07) is 0. The van der Waals surface area contributed by atoms with Gasteiger partial charge in [-0.25, -0.2) is 4.79 Å². The van der Waals surface area contributed by atoms with E-state index in [1.165, 1.54) is 6.42 Å². The van der Waals surface area contributed by atoms with Crippen LogP contribution in [0.25, 0.3) is 0 Å². The van der Waals surface area contributed by atoms with Crippen LogP contribution in [0.15, 0.2) is 12.2 Å². The van der Waals surface area contributed by atoms with Crippen LogP contribution in [0.2, 0.25) is 0 Å². The minimum atomic E-state index is -0.378. The first-order valence-corrected chi connectivity index (χ1v) is 4.79. The van der Waals surface area contributed by atoms with Gasteiger partial charge in [0.1, 0.15) is 5.60 Å². The normalized spacial score (nSPS) is 27.7. The van der Waals surface area contributed by atoms with Crippen molar-refractivity contribution in [1.29, 1.82) is 0 Å². The molecule has 1 rings (SSSR count). The van der Waals surface area contributed by atoms with Crippen molar-refractivity contribution in [1.82, 2.24) is 0 Å². The monoisotopic (exact) mass is 182 g/mol. The van der Waals surface area contributed by atoms with Crippen molar-refractivity contribution >= 4 is 5.97 Å². The Labute approximate surface area is 80.0 Å². The van der Waals surface area contributed by atoms with Gasteiger partial charge in [-0.15, -0.1) is 0 Å². The van der Waals surface area contributed by atoms with Gasteiger partial charge in [0.05, 0.1) is 0 Å². The van der Waals surface area contributed by atoms with Gasteiger partial charge in [-0.2, -0.15) is 0 Å². The molecule has 1 aliphatic carbocycles. The lowest BCUT2D eigenvalue weighted by Crippen LogP contribution is -2.22. The second-order valence-electron chi connectivity index (χ2n) is 4.77. The van der Waals surface area contributed by atoms with Crippen molar-refractivity contribution in [2.75, 3.05) is 0 Å². The minimum Gasteiger partial charge on any atom is -0.457 e. The van der Waals surface area contributed by atoms with Gasteiger partial charge in [-0.3, -0.25) is 0 Å². The fraction of sp³-hybridized carbons (Fsp3) is 0.727. The Bertz CT molecular complexity index is 223. The summed E-state index contributed by atoms with van der Waals surface area (Å²) in [5.41, 5.74) is -0.378. The summed E-state index contributed by atoms with van der Waals surface area (Å²) in [6.45, 7) is 7.81. The SMILES string of the molecule is C[C@@H]1C[C@@H]1/C=C/C(=O)OC(C)(C)C. The summed E-state index contributed by atoms with van der Waals surface area (Å²) in [5.74, 6) is 1.12. The summed E-state index contributed by atoms with van der Waals surface area (Å²) in [5, 5.41) is 0. The molecule has 0 aliphatic heterocycles. The summed E-state index contributed by atoms with van der Waals surface area (Å²) < 4.78 is 5.13. The maximum Gasteiger partial charge on any atom is 0.330 e. The molecule has 13 heavy (non-hydrogen) atoms. The van der Waals surface area contributed by atoms with Crippen LogP contribution >= 0.6 is 0 Å². The highest BCUT2D eigenvalue weighted by molar-refractivity contribution is 5.82. The van der Waals surface area contributed by atoms with Gasteiger partial charge in [-0.1, -0.05) is 13.0 Å². The van der Waals surface area contributed by atoms with Crippen LogP contribution in [0.4, 0.5) is 0 Å². The highest BCUT2D eigenvalue weighted by atomic mass is 16.6. The predicted octanol–water partition coefficient (Wildman–Crippen LogP) is 2.54. The molecule has 0 aromatic rings. The third kappa shape index (κ3) is 4.11. The molecular formula is C11H18O2. The molecule has 1 fully saturated rings. The maximum absolute atomic E-state index is 11.2. The lowest BCUT2D eigenvalue weighted by Gasteiger charge is -2.17. The Hall–Kier alpha value is -0.790. The van der Waals surface area contributed by atoms with Gasteiger partial charge in [-0.05, 0) is 39.0 Å². The molecule has 0 amide bonds. The van der Waals surface area contributed by atoms with Gasteiger partial charge in [0.2, 0.25) is 0 Å². The number of allylic oxidation sites excluding steroid dienone is 1. The van der Waals surface area contributed by atoms with Crippen molar-refractivity contribution in [2.24, 2.45) is 11.8 Å². The molecule has 1 saturated carbocycles. The molecule has 0 unspecified atom stereocenters. The van der Waals surface area contributed by atoms with Crippen LogP contribution in [0.3, 0.4) is 0 Å². The van der Waals surface area contributed by atoms with E-state index >= 15 is 0 Å². The standard InChI is InChI=1S/C11H18O2/c1-8-7-9(8)5-6-10(12)13-11(2,3)4/h5-6,8-9H,7H2,1-4H3/b6-5+/t8-,9+/m1/s1. The Morgan fingerprint density at radius 3 is 2.38 bits per heavy atom. The van der Waals surface area contributed by atoms with E-state index in [1.807, 2.05) is 26.8 Å². The van der Waals surface area contributed by atoms with E-state index in [4.69, 9.17) is 4.74 Å². The largest absolute Gasteiger partial charge is 0.457 e. The first-order valence-electron chi connectivity index (χ1n) is 4.79. The van der Waals surface area contributed by atoms with E-state index in [0.29, 0.717) is 5.92 Å². The fourth-order valence-electron chi connectivity index (χ4n) is 1.16. The Morgan fingerprint density at radius 1 is 1.46 bits per heavy atom. The lowest BCUT2D eigenvalue weighted by molar-refractivity contribution is -0.148. The predicted molar refractivity (Wildman–Crippen MR) is 52.3 cm³/mol. The van der Waals surface area contributed by atoms with E-state index in [-0.39, 0.29) is 11.6 Å². The van der Waals surface area contributed by atoms with Crippen LogP contribution in [-0.2, 0) is 9.53 Å². The van der Waals surface area contributed by atoms with Crippen LogP contribution in [0, 0.1) is 11.8 Å². The van der Waals surface area contributed by atoms with Gasteiger partial charge < -0.3 is 4.74 Å². The van der Waals surface area contributed by atoms with Crippen LogP contribution in [0.1, 0.15) is 34.1 Å². The zero-order valence-electron chi connectivity index (χ0n) is 8.83. The average Bonchev–Trinajstić information content (AvgIpc) is 2.58. The molecule has 0 saturated heterocycles. The van der Waals surface area contributed by atoms with Crippen LogP contribution in [-0.4, -0.2) is 11.6 Å². The van der Waals surface area contributed by atoms with Crippen LogP contribution < -0.4 is 0 Å². The molecule has 2 atom stereocenters. The van der Waals surface area contributed by atoms with Crippen molar-refractivity contribution in [3.63, 3.8) is 0 Å². The van der Waals surface area contributed by atoms with Crippen molar-refractivity contribution in [3.8, 4) is 0 Å². The van der Waals surface area contributed by atoms with E-state index in [2.05, 4.69) is 6.92 Å². The summed E-state index contributed by atoms with van der Waals surface area (Å²) >= 11 is 0. The third-order valence-corrected chi connectivity index (χ3v) is 2.06. The Balaban J connectivity index is 2.29. The molecule has 1 aliphatic rings. The number of rotatable bonds is 2. The smallest absolute Gasteiger partial charge is 0.330 e. The number of hydrogen-bond acceptors (Lipinski definition) is 2. The van der Waals surface area contributed by atoms with E-state index in [9.17, 15) is 4.79 Å². The summed E-state index contributed by atoms with van der Waals surface area (Å²) in [7, 11) is 0. The number of ether oxygens (including phenoxy) is 1. The zero-order chi connectivity index (χ0) is 10.1. The molecule has 0 bridgehead atoms. The topological polar surface area (TPSA) is 26.3 Å². The Kier molecular flexibility index (Phi) is 2.79. The summed E-state index contributed by atoms with van der Waals surface area (Å²) in [4.78, 5) is 11.2. The number of carbonyl (C=O) groups excluding carboxylic acids is 1. The van der Waals surface area contributed by atoms with Gasteiger partial charge in [0.15, 0.2) is 0 Å². The maximum atomic E-state index is 11.2.